The molecule has 3 heteroatoms. The molecule has 1 fully saturated rings. The summed E-state index contributed by atoms with van der Waals surface area (Å²) < 4.78 is 0. The molecular formula is C17H30N2O. The molecule has 0 aliphatic carbocycles. The molecule has 1 heterocycles. The van der Waals surface area contributed by atoms with Gasteiger partial charge in [0.2, 0.25) is 5.91 Å². The highest BCUT2D eigenvalue weighted by molar-refractivity contribution is 5.76. The summed E-state index contributed by atoms with van der Waals surface area (Å²) in [6, 6.07) is 2.33. The third-order valence-electron chi connectivity index (χ3n) is 4.56. The van der Waals surface area contributed by atoms with E-state index in [1.54, 1.807) is 0 Å². The van der Waals surface area contributed by atoms with E-state index >= 15 is 0 Å². The van der Waals surface area contributed by atoms with Crippen LogP contribution in [0.5, 0.6) is 0 Å². The normalized spacial score (nSPS) is 21.5. The Hall–Kier alpha value is -1.04. The molecule has 0 bridgehead atoms. The molecule has 0 aromatic rings. The van der Waals surface area contributed by atoms with Crippen LogP contribution in [0, 0.1) is 28.1 Å². The first-order valence-corrected chi connectivity index (χ1v) is 7.85. The maximum absolute atomic E-state index is 12.2. The molecular weight excluding hydrogens is 248 g/mol. The predicted octanol–water partition coefficient (Wildman–Crippen LogP) is 3.99. The first-order chi connectivity index (χ1) is 9.15. The summed E-state index contributed by atoms with van der Waals surface area (Å²) in [5.74, 6) is 0.929. The molecule has 1 rings (SSSR count). The Bertz CT molecular complexity index is 373. The lowest BCUT2D eigenvalue weighted by Gasteiger charge is -2.29. The van der Waals surface area contributed by atoms with E-state index in [1.165, 1.54) is 0 Å². The molecule has 20 heavy (non-hydrogen) atoms. The Morgan fingerprint density at radius 1 is 1.25 bits per heavy atom. The summed E-state index contributed by atoms with van der Waals surface area (Å²) in [5.41, 5.74) is 0.0158. The Kier molecular flexibility index (Phi) is 5.62. The first kappa shape index (κ1) is 17.0. The average molecular weight is 278 g/mol. The molecule has 0 spiro atoms. The molecule has 114 valence electrons. The lowest BCUT2D eigenvalue weighted by atomic mass is 9.77. The highest BCUT2D eigenvalue weighted by Gasteiger charge is 2.29. The van der Waals surface area contributed by atoms with Crippen LogP contribution in [0.25, 0.3) is 0 Å². The monoisotopic (exact) mass is 278 g/mol. The Balaban J connectivity index is 2.48. The van der Waals surface area contributed by atoms with Gasteiger partial charge in [-0.15, -0.1) is 0 Å². The van der Waals surface area contributed by atoms with Crippen molar-refractivity contribution in [1.82, 2.24) is 4.90 Å². The SMILES string of the molecule is CC(C)(C#N)CCCN1CCC(C(C)(C)C)CCC1=O. The second kappa shape index (κ2) is 6.61. The van der Waals surface area contributed by atoms with Crippen molar-refractivity contribution in [3.8, 4) is 6.07 Å². The van der Waals surface area contributed by atoms with Crippen molar-refractivity contribution < 1.29 is 4.79 Å². The number of carbonyl (C=O) groups excluding carboxylic acids is 1. The van der Waals surface area contributed by atoms with Gasteiger partial charge in [-0.1, -0.05) is 20.8 Å². The maximum atomic E-state index is 12.2. The molecule has 1 aliphatic heterocycles. The number of nitrogens with zero attached hydrogens (tertiary/aromatic N) is 2. The van der Waals surface area contributed by atoms with Gasteiger partial charge in [-0.3, -0.25) is 4.79 Å². The Labute approximate surface area is 124 Å². The van der Waals surface area contributed by atoms with Gasteiger partial charge in [0.25, 0.3) is 0 Å². The number of hydrogen-bond donors (Lipinski definition) is 0. The second-order valence-corrected chi connectivity index (χ2v) is 7.87. The zero-order valence-electron chi connectivity index (χ0n) is 13.8. The van der Waals surface area contributed by atoms with Crippen LogP contribution in [-0.2, 0) is 4.79 Å². The van der Waals surface area contributed by atoms with Gasteiger partial charge in [0, 0.05) is 19.5 Å². The largest absolute Gasteiger partial charge is 0.343 e. The lowest BCUT2D eigenvalue weighted by Crippen LogP contribution is -2.32. The van der Waals surface area contributed by atoms with Gasteiger partial charge in [0.15, 0.2) is 0 Å². The fraction of sp³-hybridized carbons (Fsp3) is 0.882. The van der Waals surface area contributed by atoms with Crippen molar-refractivity contribution in [2.24, 2.45) is 16.7 Å². The summed E-state index contributed by atoms with van der Waals surface area (Å²) in [4.78, 5) is 14.2. The van der Waals surface area contributed by atoms with Crippen molar-refractivity contribution in [2.45, 2.75) is 66.7 Å². The van der Waals surface area contributed by atoms with Gasteiger partial charge in [-0.05, 0) is 50.9 Å². The summed E-state index contributed by atoms with van der Waals surface area (Å²) in [6.07, 6.45) is 4.59. The molecule has 0 aromatic heterocycles. The highest BCUT2D eigenvalue weighted by Crippen LogP contribution is 2.34. The zero-order chi connectivity index (χ0) is 15.4. The molecule has 1 unspecified atom stereocenters. The number of rotatable bonds is 4. The second-order valence-electron chi connectivity index (χ2n) is 7.87. The summed E-state index contributed by atoms with van der Waals surface area (Å²) in [7, 11) is 0. The van der Waals surface area contributed by atoms with E-state index in [0.29, 0.717) is 23.7 Å². The van der Waals surface area contributed by atoms with Crippen LogP contribution < -0.4 is 0 Å². The van der Waals surface area contributed by atoms with Crippen LogP contribution in [0.3, 0.4) is 0 Å². The Morgan fingerprint density at radius 3 is 2.45 bits per heavy atom. The van der Waals surface area contributed by atoms with Gasteiger partial charge >= 0.3 is 0 Å². The summed E-state index contributed by atoms with van der Waals surface area (Å²) >= 11 is 0. The molecule has 1 saturated heterocycles. The molecule has 1 atom stereocenters. The molecule has 1 aliphatic rings. The van der Waals surface area contributed by atoms with Gasteiger partial charge in [-0.25, -0.2) is 0 Å². The fourth-order valence-corrected chi connectivity index (χ4v) is 2.91. The maximum Gasteiger partial charge on any atom is 0.222 e. The van der Waals surface area contributed by atoms with E-state index in [2.05, 4.69) is 26.8 Å². The molecule has 0 aromatic carbocycles. The Morgan fingerprint density at radius 2 is 1.90 bits per heavy atom. The smallest absolute Gasteiger partial charge is 0.222 e. The van der Waals surface area contributed by atoms with E-state index in [9.17, 15) is 4.79 Å². The van der Waals surface area contributed by atoms with Crippen molar-refractivity contribution >= 4 is 5.91 Å². The molecule has 0 saturated carbocycles. The van der Waals surface area contributed by atoms with E-state index in [1.807, 2.05) is 18.7 Å². The minimum absolute atomic E-state index is 0.275. The van der Waals surface area contributed by atoms with E-state index in [-0.39, 0.29) is 5.41 Å². The minimum atomic E-state index is -0.275. The van der Waals surface area contributed by atoms with Crippen molar-refractivity contribution in [3.05, 3.63) is 0 Å². The molecule has 0 N–H and O–H groups in total. The van der Waals surface area contributed by atoms with E-state index in [4.69, 9.17) is 5.26 Å². The van der Waals surface area contributed by atoms with Crippen LogP contribution in [-0.4, -0.2) is 23.9 Å². The van der Waals surface area contributed by atoms with Crippen LogP contribution in [0.2, 0.25) is 0 Å². The van der Waals surface area contributed by atoms with Crippen LogP contribution in [0.4, 0.5) is 0 Å². The topological polar surface area (TPSA) is 44.1 Å². The van der Waals surface area contributed by atoms with Gasteiger partial charge in [-0.2, -0.15) is 5.26 Å². The molecule has 3 nitrogen and oxygen atoms in total. The van der Waals surface area contributed by atoms with E-state index in [0.717, 1.165) is 38.8 Å². The van der Waals surface area contributed by atoms with Crippen molar-refractivity contribution in [3.63, 3.8) is 0 Å². The van der Waals surface area contributed by atoms with Gasteiger partial charge < -0.3 is 4.90 Å². The lowest BCUT2D eigenvalue weighted by molar-refractivity contribution is -0.130. The first-order valence-electron chi connectivity index (χ1n) is 7.85. The summed E-state index contributed by atoms with van der Waals surface area (Å²) in [6.45, 7) is 12.4. The number of nitriles is 1. The highest BCUT2D eigenvalue weighted by atomic mass is 16.2. The van der Waals surface area contributed by atoms with Crippen molar-refractivity contribution in [1.29, 1.82) is 5.26 Å². The van der Waals surface area contributed by atoms with E-state index < -0.39 is 0 Å². The number of likely N-dealkylation sites (tertiary alicyclic amines) is 1. The fourth-order valence-electron chi connectivity index (χ4n) is 2.91. The third-order valence-corrected chi connectivity index (χ3v) is 4.56. The van der Waals surface area contributed by atoms with Crippen LogP contribution in [0.1, 0.15) is 66.7 Å². The van der Waals surface area contributed by atoms with Crippen molar-refractivity contribution in [2.75, 3.05) is 13.1 Å². The number of carbonyl (C=O) groups is 1. The predicted molar refractivity (Wildman–Crippen MR) is 82.0 cm³/mol. The molecule has 1 amide bonds. The average Bonchev–Trinajstić information content (AvgIpc) is 2.52. The number of amides is 1. The van der Waals surface area contributed by atoms with Gasteiger partial charge in [0.05, 0.1) is 11.5 Å². The van der Waals surface area contributed by atoms with Gasteiger partial charge in [0.1, 0.15) is 0 Å². The minimum Gasteiger partial charge on any atom is -0.343 e. The quantitative estimate of drug-likeness (QED) is 0.780. The number of hydrogen-bond acceptors (Lipinski definition) is 2. The van der Waals surface area contributed by atoms with Crippen LogP contribution in [0.15, 0.2) is 0 Å². The zero-order valence-corrected chi connectivity index (χ0v) is 13.8. The molecule has 0 radical (unpaired) electrons. The summed E-state index contributed by atoms with van der Waals surface area (Å²) in [5, 5.41) is 9.02. The van der Waals surface area contributed by atoms with Crippen LogP contribution >= 0.6 is 0 Å². The third kappa shape index (κ3) is 5.15. The standard InChI is InChI=1S/C17H30N2O/c1-16(2,3)14-7-8-15(20)19(12-9-14)11-6-10-17(4,5)13-18/h14H,6-12H2,1-5H3.